The highest BCUT2D eigenvalue weighted by molar-refractivity contribution is 5.95. The van der Waals surface area contributed by atoms with Crippen molar-refractivity contribution in [3.63, 3.8) is 0 Å². The van der Waals surface area contributed by atoms with Gasteiger partial charge >= 0.3 is 0 Å². The molecule has 1 amide bonds. The van der Waals surface area contributed by atoms with E-state index >= 15 is 0 Å². The summed E-state index contributed by atoms with van der Waals surface area (Å²) in [5, 5.41) is 3.03. The third-order valence-corrected chi connectivity index (χ3v) is 4.38. The molecule has 0 radical (unpaired) electrons. The molecule has 0 saturated carbocycles. The minimum Gasteiger partial charge on any atom is -0.326 e. The van der Waals surface area contributed by atoms with Crippen molar-refractivity contribution >= 4 is 11.6 Å². The molecule has 0 aliphatic carbocycles. The van der Waals surface area contributed by atoms with Crippen LogP contribution in [0.25, 0.3) is 0 Å². The maximum atomic E-state index is 12.5. The van der Waals surface area contributed by atoms with Crippen molar-refractivity contribution < 1.29 is 4.79 Å². The number of amides is 1. The third-order valence-electron chi connectivity index (χ3n) is 4.38. The first-order chi connectivity index (χ1) is 11.8. The van der Waals surface area contributed by atoms with E-state index in [4.69, 9.17) is 0 Å². The molecule has 134 valence electrons. The lowest BCUT2D eigenvalue weighted by molar-refractivity contribution is -0.117. The Kier molecular flexibility index (Phi) is 6.81. The molecule has 0 aliphatic rings. The minimum atomic E-state index is -0.163. The third kappa shape index (κ3) is 6.04. The summed E-state index contributed by atoms with van der Waals surface area (Å²) >= 11 is 0. The molecule has 0 aliphatic heterocycles. The summed E-state index contributed by atoms with van der Waals surface area (Å²) in [4.78, 5) is 12.5. The summed E-state index contributed by atoms with van der Waals surface area (Å²) in [5.41, 5.74) is 4.55. The van der Waals surface area contributed by atoms with Crippen molar-refractivity contribution in [2.75, 3.05) is 5.32 Å². The molecule has 25 heavy (non-hydrogen) atoms. The zero-order chi connectivity index (χ0) is 18.4. The zero-order valence-corrected chi connectivity index (χ0v) is 16.2. The molecule has 2 rings (SSSR count). The van der Waals surface area contributed by atoms with Gasteiger partial charge in [-0.1, -0.05) is 64.1 Å². The largest absolute Gasteiger partial charge is 0.326 e. The van der Waals surface area contributed by atoms with Gasteiger partial charge in [-0.2, -0.15) is 0 Å². The molecule has 0 heterocycles. The maximum Gasteiger partial charge on any atom is 0.231 e. The van der Waals surface area contributed by atoms with E-state index in [2.05, 4.69) is 69.4 Å². The second-order valence-corrected chi connectivity index (χ2v) is 7.85. The van der Waals surface area contributed by atoms with Gasteiger partial charge in [0.1, 0.15) is 0 Å². The van der Waals surface area contributed by atoms with Crippen molar-refractivity contribution in [2.45, 2.75) is 53.4 Å². The summed E-state index contributed by atoms with van der Waals surface area (Å²) in [6.45, 7) is 10.8. The molecule has 0 bridgehead atoms. The van der Waals surface area contributed by atoms with Gasteiger partial charge in [-0.25, -0.2) is 0 Å². The average Bonchev–Trinajstić information content (AvgIpc) is 2.55. The fourth-order valence-electron chi connectivity index (χ4n) is 3.01. The average molecular weight is 338 g/mol. The van der Waals surface area contributed by atoms with E-state index in [0.717, 1.165) is 24.1 Å². The monoisotopic (exact) mass is 337 g/mol. The first kappa shape index (κ1) is 19.2. The Morgan fingerprint density at radius 3 is 1.64 bits per heavy atom. The van der Waals surface area contributed by atoms with Gasteiger partial charge in [0, 0.05) is 5.69 Å². The van der Waals surface area contributed by atoms with E-state index in [0.29, 0.717) is 11.8 Å². The summed E-state index contributed by atoms with van der Waals surface area (Å²) in [6.07, 6.45) is 2.14. The SMILES string of the molecule is CC(C)Cc1ccc(NC(=O)C(C)c2ccc(CC(C)C)cc2)cc1. The number of hydrogen-bond donors (Lipinski definition) is 1. The van der Waals surface area contributed by atoms with E-state index in [1.54, 1.807) is 0 Å². The molecular formula is C23H31NO. The van der Waals surface area contributed by atoms with Gasteiger partial charge in [-0.05, 0) is 60.4 Å². The van der Waals surface area contributed by atoms with Gasteiger partial charge in [0.15, 0.2) is 0 Å². The van der Waals surface area contributed by atoms with Gasteiger partial charge in [-0.3, -0.25) is 4.79 Å². The van der Waals surface area contributed by atoms with Crippen molar-refractivity contribution in [1.82, 2.24) is 0 Å². The highest BCUT2D eigenvalue weighted by Gasteiger charge is 2.15. The van der Waals surface area contributed by atoms with Crippen molar-refractivity contribution in [2.24, 2.45) is 11.8 Å². The second kappa shape index (κ2) is 8.84. The summed E-state index contributed by atoms with van der Waals surface area (Å²) in [6, 6.07) is 16.6. The number of carbonyl (C=O) groups is 1. The maximum absolute atomic E-state index is 12.5. The second-order valence-electron chi connectivity index (χ2n) is 7.85. The number of benzene rings is 2. The molecule has 2 heteroatoms. The fourth-order valence-corrected chi connectivity index (χ4v) is 3.01. The van der Waals surface area contributed by atoms with Crippen LogP contribution >= 0.6 is 0 Å². The number of anilines is 1. The normalized spacial score (nSPS) is 12.4. The van der Waals surface area contributed by atoms with Crippen LogP contribution in [0.1, 0.15) is 57.2 Å². The Bertz CT molecular complexity index is 668. The molecule has 0 aromatic heterocycles. The summed E-state index contributed by atoms with van der Waals surface area (Å²) in [7, 11) is 0. The lowest BCUT2D eigenvalue weighted by Crippen LogP contribution is -2.18. The molecule has 0 saturated heterocycles. The predicted octanol–water partition coefficient (Wildman–Crippen LogP) is 5.83. The molecule has 1 N–H and O–H groups in total. The van der Waals surface area contributed by atoms with Crippen LogP contribution in [0.3, 0.4) is 0 Å². The van der Waals surface area contributed by atoms with Crippen LogP contribution in [0.2, 0.25) is 0 Å². The lowest BCUT2D eigenvalue weighted by Gasteiger charge is -2.14. The minimum absolute atomic E-state index is 0.0354. The van der Waals surface area contributed by atoms with Crippen LogP contribution in [0.15, 0.2) is 48.5 Å². The molecule has 2 aromatic carbocycles. The van der Waals surface area contributed by atoms with Crippen molar-refractivity contribution in [3.8, 4) is 0 Å². The first-order valence-corrected chi connectivity index (χ1v) is 9.33. The van der Waals surface area contributed by atoms with E-state index < -0.39 is 0 Å². The first-order valence-electron chi connectivity index (χ1n) is 9.33. The number of hydrogen-bond acceptors (Lipinski definition) is 1. The van der Waals surface area contributed by atoms with Crippen LogP contribution in [-0.4, -0.2) is 5.91 Å². The molecule has 0 fully saturated rings. The van der Waals surface area contributed by atoms with Crippen LogP contribution in [0.5, 0.6) is 0 Å². The molecule has 1 atom stereocenters. The van der Waals surface area contributed by atoms with Gasteiger partial charge in [0.05, 0.1) is 5.92 Å². The molecule has 2 nitrogen and oxygen atoms in total. The number of rotatable bonds is 7. The van der Waals surface area contributed by atoms with E-state index in [9.17, 15) is 4.79 Å². The van der Waals surface area contributed by atoms with Gasteiger partial charge in [0.2, 0.25) is 5.91 Å². The lowest BCUT2D eigenvalue weighted by atomic mass is 9.96. The fraction of sp³-hybridized carbons (Fsp3) is 0.435. The summed E-state index contributed by atoms with van der Waals surface area (Å²) in [5.74, 6) is 1.15. The van der Waals surface area contributed by atoms with Gasteiger partial charge < -0.3 is 5.32 Å². The standard InChI is InChI=1S/C23H31NO/c1-16(2)14-19-6-10-21(11-7-19)18(5)23(25)24-22-12-8-20(9-13-22)15-17(3)4/h6-13,16-18H,14-15H2,1-5H3,(H,24,25). The highest BCUT2D eigenvalue weighted by Crippen LogP contribution is 2.20. The van der Waals surface area contributed by atoms with Crippen LogP contribution in [-0.2, 0) is 17.6 Å². The van der Waals surface area contributed by atoms with Crippen LogP contribution in [0.4, 0.5) is 5.69 Å². The smallest absolute Gasteiger partial charge is 0.231 e. The number of carbonyl (C=O) groups excluding carboxylic acids is 1. The van der Waals surface area contributed by atoms with E-state index in [-0.39, 0.29) is 11.8 Å². The Balaban J connectivity index is 1.97. The quantitative estimate of drug-likeness (QED) is 0.677. The molecule has 1 unspecified atom stereocenters. The van der Waals surface area contributed by atoms with Crippen molar-refractivity contribution in [1.29, 1.82) is 0 Å². The van der Waals surface area contributed by atoms with E-state index in [1.165, 1.54) is 11.1 Å². The van der Waals surface area contributed by atoms with E-state index in [1.807, 2.05) is 19.1 Å². The van der Waals surface area contributed by atoms with Crippen LogP contribution < -0.4 is 5.32 Å². The zero-order valence-electron chi connectivity index (χ0n) is 16.2. The van der Waals surface area contributed by atoms with Gasteiger partial charge in [0.25, 0.3) is 0 Å². The topological polar surface area (TPSA) is 29.1 Å². The Hall–Kier alpha value is -2.09. The summed E-state index contributed by atoms with van der Waals surface area (Å²) < 4.78 is 0. The Morgan fingerprint density at radius 2 is 1.20 bits per heavy atom. The Morgan fingerprint density at radius 1 is 0.760 bits per heavy atom. The molecule has 0 spiro atoms. The van der Waals surface area contributed by atoms with Crippen molar-refractivity contribution in [3.05, 3.63) is 65.2 Å². The molecule has 2 aromatic rings. The van der Waals surface area contributed by atoms with Crippen LogP contribution in [0, 0.1) is 11.8 Å². The van der Waals surface area contributed by atoms with Gasteiger partial charge in [-0.15, -0.1) is 0 Å². The Labute approximate surface area is 152 Å². The number of nitrogens with one attached hydrogen (secondary N) is 1. The predicted molar refractivity (Wildman–Crippen MR) is 107 cm³/mol. The molecular weight excluding hydrogens is 306 g/mol. The highest BCUT2D eigenvalue weighted by atomic mass is 16.1.